The summed E-state index contributed by atoms with van der Waals surface area (Å²) < 4.78 is 0. The molecule has 0 bridgehead atoms. The molecule has 1 aromatic rings. The summed E-state index contributed by atoms with van der Waals surface area (Å²) in [6.45, 7) is 9.73. The normalized spacial score (nSPS) is 13.6. The lowest BCUT2D eigenvalue weighted by Crippen LogP contribution is -2.45. The van der Waals surface area contributed by atoms with Gasteiger partial charge in [0.2, 0.25) is 5.91 Å². The zero-order chi connectivity index (χ0) is 16.2. The van der Waals surface area contributed by atoms with E-state index in [2.05, 4.69) is 5.32 Å². The molecule has 2 atom stereocenters. The van der Waals surface area contributed by atoms with Gasteiger partial charge in [-0.3, -0.25) is 4.79 Å². The van der Waals surface area contributed by atoms with Gasteiger partial charge >= 0.3 is 5.97 Å². The lowest BCUT2D eigenvalue weighted by atomic mass is 9.96. The van der Waals surface area contributed by atoms with Crippen molar-refractivity contribution < 1.29 is 14.7 Å². The topological polar surface area (TPSA) is 66.4 Å². The number of carbonyl (C=O) groups is 2. The number of benzene rings is 1. The van der Waals surface area contributed by atoms with Gasteiger partial charge in [0.1, 0.15) is 6.04 Å². The van der Waals surface area contributed by atoms with E-state index in [4.69, 9.17) is 0 Å². The molecular weight excluding hydrogens is 266 g/mol. The summed E-state index contributed by atoms with van der Waals surface area (Å²) in [5.74, 6) is -1.31. The number of carboxylic acid groups (broad SMARTS) is 1. The minimum Gasteiger partial charge on any atom is -0.480 e. The Morgan fingerprint density at radius 2 is 1.71 bits per heavy atom. The number of amides is 1. The lowest BCUT2D eigenvalue weighted by Gasteiger charge is -2.20. The van der Waals surface area contributed by atoms with E-state index < -0.39 is 12.0 Å². The van der Waals surface area contributed by atoms with Gasteiger partial charge in [-0.2, -0.15) is 0 Å². The third-order valence-electron chi connectivity index (χ3n) is 3.97. The van der Waals surface area contributed by atoms with Crippen molar-refractivity contribution >= 4 is 11.9 Å². The van der Waals surface area contributed by atoms with Crippen LogP contribution in [-0.4, -0.2) is 23.0 Å². The Kier molecular flexibility index (Phi) is 5.94. The SMILES string of the molecule is CC[C@H](C)[C@H](NC(=O)Cc1c(C)cc(C)cc1C)C(=O)O. The van der Waals surface area contributed by atoms with Crippen molar-refractivity contribution in [1.82, 2.24) is 5.32 Å². The summed E-state index contributed by atoms with van der Waals surface area (Å²) in [6.07, 6.45) is 0.929. The van der Waals surface area contributed by atoms with Gasteiger partial charge in [0.25, 0.3) is 0 Å². The minimum atomic E-state index is -0.977. The maximum atomic E-state index is 12.2. The van der Waals surface area contributed by atoms with Crippen molar-refractivity contribution in [1.29, 1.82) is 0 Å². The van der Waals surface area contributed by atoms with Crippen molar-refractivity contribution in [3.05, 3.63) is 34.4 Å². The van der Waals surface area contributed by atoms with Crippen LogP contribution in [0.5, 0.6) is 0 Å². The Bertz CT molecular complexity index is 514. The highest BCUT2D eigenvalue weighted by molar-refractivity contribution is 5.85. The average molecular weight is 291 g/mol. The minimum absolute atomic E-state index is 0.0911. The highest BCUT2D eigenvalue weighted by Gasteiger charge is 2.25. The van der Waals surface area contributed by atoms with Crippen LogP contribution >= 0.6 is 0 Å². The Hall–Kier alpha value is -1.84. The number of carbonyl (C=O) groups excluding carboxylic acids is 1. The molecule has 0 spiro atoms. The van der Waals surface area contributed by atoms with Crippen LogP contribution < -0.4 is 5.32 Å². The predicted molar refractivity (Wildman–Crippen MR) is 83.4 cm³/mol. The second kappa shape index (κ2) is 7.25. The Morgan fingerprint density at radius 3 is 2.14 bits per heavy atom. The molecule has 0 fully saturated rings. The van der Waals surface area contributed by atoms with E-state index in [1.807, 2.05) is 46.8 Å². The molecule has 1 aromatic carbocycles. The van der Waals surface area contributed by atoms with Crippen LogP contribution in [0.3, 0.4) is 0 Å². The highest BCUT2D eigenvalue weighted by atomic mass is 16.4. The molecule has 116 valence electrons. The fraction of sp³-hybridized carbons (Fsp3) is 0.529. The summed E-state index contributed by atoms with van der Waals surface area (Å²) >= 11 is 0. The van der Waals surface area contributed by atoms with Crippen LogP contribution in [0.15, 0.2) is 12.1 Å². The molecule has 2 N–H and O–H groups in total. The smallest absolute Gasteiger partial charge is 0.326 e. The molecule has 0 unspecified atom stereocenters. The summed E-state index contributed by atoms with van der Waals surface area (Å²) in [5, 5.41) is 11.9. The number of carboxylic acids is 1. The van der Waals surface area contributed by atoms with Crippen LogP contribution in [-0.2, 0) is 16.0 Å². The molecule has 4 heteroatoms. The van der Waals surface area contributed by atoms with Crippen LogP contribution in [0.4, 0.5) is 0 Å². The standard InChI is InChI=1S/C17H25NO3/c1-6-11(3)16(17(20)21)18-15(19)9-14-12(4)7-10(2)8-13(14)5/h7-8,11,16H,6,9H2,1-5H3,(H,18,19)(H,20,21)/t11-,16-/m0/s1. The Balaban J connectivity index is 2.84. The third kappa shape index (κ3) is 4.59. The van der Waals surface area contributed by atoms with Gasteiger partial charge in [-0.15, -0.1) is 0 Å². The Morgan fingerprint density at radius 1 is 1.19 bits per heavy atom. The molecule has 1 rings (SSSR count). The second-order valence-electron chi connectivity index (χ2n) is 5.82. The van der Waals surface area contributed by atoms with Gasteiger partial charge in [-0.1, -0.05) is 38.0 Å². The van der Waals surface area contributed by atoms with Gasteiger partial charge in [0.05, 0.1) is 6.42 Å². The Labute approximate surface area is 126 Å². The summed E-state index contributed by atoms with van der Waals surface area (Å²) in [4.78, 5) is 23.4. The first-order chi connectivity index (χ1) is 9.76. The quantitative estimate of drug-likeness (QED) is 0.847. The summed E-state index contributed by atoms with van der Waals surface area (Å²) in [7, 11) is 0. The zero-order valence-corrected chi connectivity index (χ0v) is 13.5. The van der Waals surface area contributed by atoms with E-state index in [0.29, 0.717) is 6.42 Å². The number of nitrogens with one attached hydrogen (secondary N) is 1. The molecule has 0 saturated heterocycles. The van der Waals surface area contributed by atoms with Gasteiger partial charge < -0.3 is 10.4 Å². The third-order valence-corrected chi connectivity index (χ3v) is 3.97. The summed E-state index contributed by atoms with van der Waals surface area (Å²) in [5.41, 5.74) is 4.28. The van der Waals surface area contributed by atoms with E-state index in [9.17, 15) is 14.7 Å². The van der Waals surface area contributed by atoms with Gasteiger partial charge in [-0.25, -0.2) is 4.79 Å². The molecule has 4 nitrogen and oxygen atoms in total. The van der Waals surface area contributed by atoms with Crippen LogP contribution in [0, 0.1) is 26.7 Å². The maximum absolute atomic E-state index is 12.2. The second-order valence-corrected chi connectivity index (χ2v) is 5.82. The van der Waals surface area contributed by atoms with E-state index in [1.165, 1.54) is 0 Å². The van der Waals surface area contributed by atoms with Crippen LogP contribution in [0.25, 0.3) is 0 Å². The number of aliphatic carboxylic acids is 1. The van der Waals surface area contributed by atoms with Crippen LogP contribution in [0.1, 0.15) is 42.5 Å². The molecule has 0 saturated carbocycles. The number of rotatable bonds is 6. The van der Waals surface area contributed by atoms with Crippen molar-refractivity contribution in [3.8, 4) is 0 Å². The predicted octanol–water partition coefficient (Wildman–Crippen LogP) is 2.77. The maximum Gasteiger partial charge on any atom is 0.326 e. The molecule has 0 aliphatic carbocycles. The first-order valence-electron chi connectivity index (χ1n) is 7.35. The fourth-order valence-electron chi connectivity index (χ4n) is 2.56. The molecule has 1 amide bonds. The first-order valence-corrected chi connectivity index (χ1v) is 7.35. The van der Waals surface area contributed by atoms with Gasteiger partial charge in [0, 0.05) is 0 Å². The van der Waals surface area contributed by atoms with Crippen molar-refractivity contribution in [2.45, 2.75) is 53.5 Å². The van der Waals surface area contributed by atoms with E-state index in [1.54, 1.807) is 0 Å². The first kappa shape index (κ1) is 17.2. The van der Waals surface area contributed by atoms with Crippen molar-refractivity contribution in [3.63, 3.8) is 0 Å². The molecular formula is C17H25NO3. The molecule has 0 heterocycles. The van der Waals surface area contributed by atoms with E-state index in [0.717, 1.165) is 22.3 Å². The fourth-order valence-corrected chi connectivity index (χ4v) is 2.56. The van der Waals surface area contributed by atoms with Crippen molar-refractivity contribution in [2.75, 3.05) is 0 Å². The van der Waals surface area contributed by atoms with Crippen molar-refractivity contribution in [2.24, 2.45) is 5.92 Å². The number of hydrogen-bond acceptors (Lipinski definition) is 2. The molecule has 0 aliphatic rings. The molecule has 0 aromatic heterocycles. The average Bonchev–Trinajstić information content (AvgIpc) is 2.39. The van der Waals surface area contributed by atoms with E-state index >= 15 is 0 Å². The largest absolute Gasteiger partial charge is 0.480 e. The van der Waals surface area contributed by atoms with Crippen LogP contribution in [0.2, 0.25) is 0 Å². The zero-order valence-electron chi connectivity index (χ0n) is 13.5. The van der Waals surface area contributed by atoms with Gasteiger partial charge in [0.15, 0.2) is 0 Å². The molecule has 21 heavy (non-hydrogen) atoms. The van der Waals surface area contributed by atoms with Gasteiger partial charge in [-0.05, 0) is 43.4 Å². The molecule has 0 aliphatic heterocycles. The highest BCUT2D eigenvalue weighted by Crippen LogP contribution is 2.17. The lowest BCUT2D eigenvalue weighted by molar-refractivity contribution is -0.143. The number of hydrogen-bond donors (Lipinski definition) is 2. The van der Waals surface area contributed by atoms with E-state index in [-0.39, 0.29) is 18.2 Å². The number of aryl methyl sites for hydroxylation is 3. The monoisotopic (exact) mass is 291 g/mol. The molecule has 0 radical (unpaired) electrons. The summed E-state index contributed by atoms with van der Waals surface area (Å²) in [6, 6.07) is 3.26.